The van der Waals surface area contributed by atoms with Gasteiger partial charge in [0, 0.05) is 16.1 Å². The Labute approximate surface area is 125 Å². The van der Waals surface area contributed by atoms with E-state index < -0.39 is 34.9 Å². The molecule has 0 heterocycles. The van der Waals surface area contributed by atoms with Crippen molar-refractivity contribution in [2.45, 2.75) is 6.18 Å². The fraction of sp³-hybridized carbons (Fsp3) is 0.0714. The summed E-state index contributed by atoms with van der Waals surface area (Å²) in [5.41, 5.74) is -2.53. The molecule has 0 amide bonds. The van der Waals surface area contributed by atoms with E-state index in [0.29, 0.717) is 12.1 Å². The average molecular weight is 337 g/mol. The molecule has 0 bridgehead atoms. The van der Waals surface area contributed by atoms with Crippen molar-refractivity contribution in [3.63, 3.8) is 0 Å². The van der Waals surface area contributed by atoms with Crippen molar-refractivity contribution in [1.29, 1.82) is 0 Å². The largest absolute Gasteiger partial charge is 0.478 e. The first-order chi connectivity index (χ1) is 10.1. The molecule has 0 saturated heterocycles. The summed E-state index contributed by atoms with van der Waals surface area (Å²) >= 11 is 5.76. The second-order valence-electron chi connectivity index (χ2n) is 4.31. The lowest BCUT2D eigenvalue weighted by molar-refractivity contribution is -0.137. The monoisotopic (exact) mass is 336 g/mol. The van der Waals surface area contributed by atoms with Crippen molar-refractivity contribution in [2.75, 3.05) is 0 Å². The van der Waals surface area contributed by atoms with Gasteiger partial charge < -0.3 is 5.11 Å². The molecular weight excluding hydrogens is 331 g/mol. The third-order valence-corrected chi connectivity index (χ3v) is 3.19. The first-order valence-electron chi connectivity index (χ1n) is 5.70. The van der Waals surface area contributed by atoms with Crippen LogP contribution >= 0.6 is 11.6 Å². The third-order valence-electron chi connectivity index (χ3n) is 2.87. The molecule has 0 unspecified atom stereocenters. The maximum Gasteiger partial charge on any atom is 0.416 e. The first-order valence-corrected chi connectivity index (χ1v) is 6.08. The number of halogens is 6. The number of carboxylic acids is 1. The lowest BCUT2D eigenvalue weighted by Gasteiger charge is -2.11. The normalized spacial score (nSPS) is 11.5. The summed E-state index contributed by atoms with van der Waals surface area (Å²) in [6, 6.07) is 3.12. The molecule has 0 saturated carbocycles. The number of carbonyl (C=O) groups is 1. The summed E-state index contributed by atoms with van der Waals surface area (Å²) < 4.78 is 64.9. The lowest BCUT2D eigenvalue weighted by Crippen LogP contribution is -2.06. The minimum Gasteiger partial charge on any atom is -0.478 e. The Bertz CT molecular complexity index is 756. The number of hydrogen-bond acceptors (Lipinski definition) is 1. The Morgan fingerprint density at radius 2 is 1.64 bits per heavy atom. The number of hydrogen-bond donors (Lipinski definition) is 1. The highest BCUT2D eigenvalue weighted by atomic mass is 35.5. The van der Waals surface area contributed by atoms with Crippen molar-refractivity contribution in [3.8, 4) is 11.1 Å². The molecule has 2 aromatic carbocycles. The second kappa shape index (κ2) is 5.57. The summed E-state index contributed by atoms with van der Waals surface area (Å²) in [7, 11) is 0. The van der Waals surface area contributed by atoms with Gasteiger partial charge >= 0.3 is 12.1 Å². The molecule has 0 radical (unpaired) electrons. The van der Waals surface area contributed by atoms with Gasteiger partial charge in [0.2, 0.25) is 0 Å². The standard InChI is InChI=1S/C14H6ClF5O2/c15-10-4-9(13(21)22)12(17)5-8(10)7-2-1-6(3-11(7)16)14(18,19)20/h1-5H,(H,21,22). The minimum atomic E-state index is -4.72. The topological polar surface area (TPSA) is 37.3 Å². The molecular formula is C14H6ClF5O2. The van der Waals surface area contributed by atoms with E-state index in [-0.39, 0.29) is 22.2 Å². The van der Waals surface area contributed by atoms with E-state index in [1.807, 2.05) is 0 Å². The Balaban J connectivity index is 2.58. The molecule has 0 aliphatic rings. The van der Waals surface area contributed by atoms with Crippen molar-refractivity contribution < 1.29 is 31.9 Å². The van der Waals surface area contributed by atoms with Crippen LogP contribution in [0.1, 0.15) is 15.9 Å². The van der Waals surface area contributed by atoms with Gasteiger partial charge in [-0.1, -0.05) is 17.7 Å². The molecule has 8 heteroatoms. The van der Waals surface area contributed by atoms with E-state index in [4.69, 9.17) is 16.7 Å². The van der Waals surface area contributed by atoms with Gasteiger partial charge in [0.15, 0.2) is 0 Å². The number of benzene rings is 2. The van der Waals surface area contributed by atoms with Gasteiger partial charge in [-0.25, -0.2) is 13.6 Å². The van der Waals surface area contributed by atoms with Gasteiger partial charge in [-0.05, 0) is 24.3 Å². The van der Waals surface area contributed by atoms with Crippen LogP contribution in [0.3, 0.4) is 0 Å². The predicted octanol–water partition coefficient (Wildman–Crippen LogP) is 5.00. The van der Waals surface area contributed by atoms with E-state index in [2.05, 4.69) is 0 Å². The number of rotatable bonds is 2. The molecule has 0 aliphatic carbocycles. The third kappa shape index (κ3) is 3.04. The molecule has 0 aliphatic heterocycles. The van der Waals surface area contributed by atoms with Gasteiger partial charge in [0.25, 0.3) is 0 Å². The second-order valence-corrected chi connectivity index (χ2v) is 4.72. The van der Waals surface area contributed by atoms with Gasteiger partial charge in [0.1, 0.15) is 11.6 Å². The highest BCUT2D eigenvalue weighted by molar-refractivity contribution is 6.33. The van der Waals surface area contributed by atoms with E-state index in [1.165, 1.54) is 0 Å². The van der Waals surface area contributed by atoms with Crippen LogP contribution in [0.15, 0.2) is 30.3 Å². The number of alkyl halides is 3. The van der Waals surface area contributed by atoms with Crippen molar-refractivity contribution in [3.05, 3.63) is 58.1 Å². The Hall–Kier alpha value is -2.15. The molecule has 0 spiro atoms. The smallest absolute Gasteiger partial charge is 0.416 e. The molecule has 2 rings (SSSR count). The summed E-state index contributed by atoms with van der Waals surface area (Å²) in [5, 5.41) is 8.44. The van der Waals surface area contributed by atoms with E-state index >= 15 is 0 Å². The first kappa shape index (κ1) is 16.2. The molecule has 116 valence electrons. The van der Waals surface area contributed by atoms with Crippen LogP contribution in [0.2, 0.25) is 5.02 Å². The summed E-state index contributed by atoms with van der Waals surface area (Å²) in [6.07, 6.45) is -4.72. The van der Waals surface area contributed by atoms with E-state index in [0.717, 1.165) is 12.1 Å². The summed E-state index contributed by atoms with van der Waals surface area (Å²) in [5.74, 6) is -4.00. The SMILES string of the molecule is O=C(O)c1cc(Cl)c(-c2ccc(C(F)(F)F)cc2F)cc1F. The zero-order valence-electron chi connectivity index (χ0n) is 10.5. The van der Waals surface area contributed by atoms with Gasteiger partial charge in [-0.2, -0.15) is 13.2 Å². The maximum absolute atomic E-state index is 13.8. The zero-order valence-corrected chi connectivity index (χ0v) is 11.3. The van der Waals surface area contributed by atoms with Crippen LogP contribution < -0.4 is 0 Å². The lowest BCUT2D eigenvalue weighted by atomic mass is 10.0. The maximum atomic E-state index is 13.8. The molecule has 0 aromatic heterocycles. The summed E-state index contributed by atoms with van der Waals surface area (Å²) in [4.78, 5) is 10.7. The van der Waals surface area contributed by atoms with E-state index in [1.54, 1.807) is 0 Å². The Morgan fingerprint density at radius 1 is 1.00 bits per heavy atom. The van der Waals surface area contributed by atoms with Crippen LogP contribution in [0, 0.1) is 11.6 Å². The Kier molecular flexibility index (Phi) is 4.10. The van der Waals surface area contributed by atoms with Crippen molar-refractivity contribution >= 4 is 17.6 Å². The van der Waals surface area contributed by atoms with Crippen molar-refractivity contribution in [1.82, 2.24) is 0 Å². The van der Waals surface area contributed by atoms with E-state index in [9.17, 15) is 26.7 Å². The Morgan fingerprint density at radius 3 is 2.14 bits per heavy atom. The summed E-state index contributed by atoms with van der Waals surface area (Å²) in [6.45, 7) is 0. The zero-order chi connectivity index (χ0) is 16.7. The molecule has 2 aromatic rings. The average Bonchev–Trinajstić information content (AvgIpc) is 2.39. The predicted molar refractivity (Wildman–Crippen MR) is 68.8 cm³/mol. The fourth-order valence-corrected chi connectivity index (χ4v) is 2.09. The van der Waals surface area contributed by atoms with Crippen LogP contribution in [-0.4, -0.2) is 11.1 Å². The van der Waals surface area contributed by atoms with Gasteiger partial charge in [-0.3, -0.25) is 0 Å². The van der Waals surface area contributed by atoms with Crippen LogP contribution in [-0.2, 0) is 6.18 Å². The quantitative estimate of drug-likeness (QED) is 0.783. The fourth-order valence-electron chi connectivity index (χ4n) is 1.83. The highest BCUT2D eigenvalue weighted by Gasteiger charge is 2.31. The minimum absolute atomic E-state index is 0.240. The molecule has 1 N–H and O–H groups in total. The highest BCUT2D eigenvalue weighted by Crippen LogP contribution is 2.36. The number of aromatic carboxylic acids is 1. The number of carboxylic acid groups (broad SMARTS) is 1. The van der Waals surface area contributed by atoms with Gasteiger partial charge in [-0.15, -0.1) is 0 Å². The van der Waals surface area contributed by atoms with Crippen LogP contribution in [0.25, 0.3) is 11.1 Å². The van der Waals surface area contributed by atoms with Crippen LogP contribution in [0.5, 0.6) is 0 Å². The van der Waals surface area contributed by atoms with Gasteiger partial charge in [0.05, 0.1) is 11.1 Å². The van der Waals surface area contributed by atoms with Crippen LogP contribution in [0.4, 0.5) is 22.0 Å². The van der Waals surface area contributed by atoms with Crippen molar-refractivity contribution in [2.24, 2.45) is 0 Å². The molecule has 2 nitrogen and oxygen atoms in total. The molecule has 0 fully saturated rings. The molecule has 0 atom stereocenters. The molecule has 22 heavy (non-hydrogen) atoms.